The summed E-state index contributed by atoms with van der Waals surface area (Å²) in [5.74, 6) is 0.218. The van der Waals surface area contributed by atoms with Gasteiger partial charge in [0.1, 0.15) is 6.10 Å². The molecule has 2 heteroatoms. The van der Waals surface area contributed by atoms with Gasteiger partial charge in [-0.2, -0.15) is 0 Å². The summed E-state index contributed by atoms with van der Waals surface area (Å²) in [6.07, 6.45) is 3.05. The number of aliphatic hydroxyl groups excluding tert-OH is 1. The molecule has 3 unspecified atom stereocenters. The van der Waals surface area contributed by atoms with E-state index < -0.39 is 0 Å². The van der Waals surface area contributed by atoms with E-state index in [9.17, 15) is 5.11 Å². The standard InChI is InChI=1S/C7H12O2/c1-5-6(2)9-4-3-7(5)8/h3-8H,1-2H3. The monoisotopic (exact) mass is 128 g/mol. The zero-order valence-corrected chi connectivity index (χ0v) is 5.74. The highest BCUT2D eigenvalue weighted by atomic mass is 16.5. The third-order valence-corrected chi connectivity index (χ3v) is 1.85. The summed E-state index contributed by atoms with van der Waals surface area (Å²) < 4.78 is 5.12. The van der Waals surface area contributed by atoms with Crippen LogP contribution in [0.25, 0.3) is 0 Å². The van der Waals surface area contributed by atoms with E-state index in [1.165, 1.54) is 0 Å². The predicted molar refractivity (Wildman–Crippen MR) is 34.9 cm³/mol. The maximum absolute atomic E-state index is 9.18. The predicted octanol–water partition coefficient (Wildman–Crippen LogP) is 0.916. The summed E-state index contributed by atoms with van der Waals surface area (Å²) in [5, 5.41) is 9.18. The lowest BCUT2D eigenvalue weighted by Crippen LogP contribution is -2.30. The smallest absolute Gasteiger partial charge is 0.100 e. The highest BCUT2D eigenvalue weighted by Crippen LogP contribution is 2.17. The largest absolute Gasteiger partial charge is 0.498 e. The fourth-order valence-corrected chi connectivity index (χ4v) is 0.827. The van der Waals surface area contributed by atoms with E-state index in [1.807, 2.05) is 13.8 Å². The quantitative estimate of drug-likeness (QED) is 0.525. The Morgan fingerprint density at radius 3 is 2.56 bits per heavy atom. The van der Waals surface area contributed by atoms with Gasteiger partial charge in [-0.1, -0.05) is 6.92 Å². The number of hydrogen-bond donors (Lipinski definition) is 1. The molecule has 0 saturated carbocycles. The second kappa shape index (κ2) is 2.40. The minimum absolute atomic E-state index is 0.144. The zero-order valence-electron chi connectivity index (χ0n) is 5.74. The molecule has 0 aromatic rings. The Morgan fingerprint density at radius 1 is 1.44 bits per heavy atom. The van der Waals surface area contributed by atoms with Gasteiger partial charge in [0, 0.05) is 5.92 Å². The van der Waals surface area contributed by atoms with Gasteiger partial charge in [-0.05, 0) is 13.0 Å². The molecule has 0 saturated heterocycles. The minimum Gasteiger partial charge on any atom is -0.498 e. The Labute approximate surface area is 55.1 Å². The van der Waals surface area contributed by atoms with Crippen LogP contribution in [0.4, 0.5) is 0 Å². The Bertz CT molecular complexity index is 120. The Balaban J connectivity index is 2.58. The third kappa shape index (κ3) is 1.24. The second-order valence-electron chi connectivity index (χ2n) is 2.52. The highest BCUT2D eigenvalue weighted by Gasteiger charge is 2.22. The van der Waals surface area contributed by atoms with Crippen molar-refractivity contribution in [2.24, 2.45) is 5.92 Å². The molecule has 0 aromatic heterocycles. The van der Waals surface area contributed by atoms with Crippen LogP contribution in [0.15, 0.2) is 12.3 Å². The van der Waals surface area contributed by atoms with E-state index in [0.717, 1.165) is 0 Å². The fraction of sp³-hybridized carbons (Fsp3) is 0.714. The SMILES string of the molecule is CC1OC=CC(O)C1C. The lowest BCUT2D eigenvalue weighted by atomic mass is 9.98. The van der Waals surface area contributed by atoms with Crippen molar-refractivity contribution in [3.8, 4) is 0 Å². The van der Waals surface area contributed by atoms with Crippen LogP contribution in [0.3, 0.4) is 0 Å². The number of rotatable bonds is 0. The van der Waals surface area contributed by atoms with Crippen molar-refractivity contribution < 1.29 is 9.84 Å². The van der Waals surface area contributed by atoms with Gasteiger partial charge < -0.3 is 9.84 Å². The van der Waals surface area contributed by atoms with Crippen molar-refractivity contribution >= 4 is 0 Å². The first kappa shape index (κ1) is 6.62. The van der Waals surface area contributed by atoms with E-state index in [0.29, 0.717) is 0 Å². The lowest BCUT2D eigenvalue weighted by molar-refractivity contribution is 0.0224. The van der Waals surface area contributed by atoms with Gasteiger partial charge in [0.2, 0.25) is 0 Å². The van der Waals surface area contributed by atoms with Crippen molar-refractivity contribution in [3.63, 3.8) is 0 Å². The van der Waals surface area contributed by atoms with Crippen molar-refractivity contribution in [2.45, 2.75) is 26.1 Å². The maximum atomic E-state index is 9.18. The van der Waals surface area contributed by atoms with Crippen LogP contribution < -0.4 is 0 Å². The number of ether oxygens (including phenoxy) is 1. The molecule has 52 valence electrons. The van der Waals surface area contributed by atoms with Crippen LogP contribution in [-0.2, 0) is 4.74 Å². The summed E-state index contributed by atoms with van der Waals surface area (Å²) >= 11 is 0. The normalized spacial score (nSPS) is 42.3. The topological polar surface area (TPSA) is 29.5 Å². The average Bonchev–Trinajstić information content (AvgIpc) is 1.83. The second-order valence-corrected chi connectivity index (χ2v) is 2.52. The van der Waals surface area contributed by atoms with Crippen molar-refractivity contribution in [1.82, 2.24) is 0 Å². The summed E-state index contributed by atoms with van der Waals surface area (Å²) in [5.41, 5.74) is 0. The molecule has 0 spiro atoms. The number of aliphatic hydroxyl groups is 1. The van der Waals surface area contributed by atoms with Crippen LogP contribution in [0.1, 0.15) is 13.8 Å². The fourth-order valence-electron chi connectivity index (χ4n) is 0.827. The van der Waals surface area contributed by atoms with Crippen LogP contribution in [-0.4, -0.2) is 17.3 Å². The lowest BCUT2D eigenvalue weighted by Gasteiger charge is -2.26. The zero-order chi connectivity index (χ0) is 6.85. The third-order valence-electron chi connectivity index (χ3n) is 1.85. The van der Waals surface area contributed by atoms with Gasteiger partial charge >= 0.3 is 0 Å². The molecule has 0 aromatic carbocycles. The van der Waals surface area contributed by atoms with Crippen LogP contribution in [0, 0.1) is 5.92 Å². The number of hydrogen-bond acceptors (Lipinski definition) is 2. The molecule has 1 N–H and O–H groups in total. The van der Waals surface area contributed by atoms with Gasteiger partial charge in [0.15, 0.2) is 0 Å². The summed E-state index contributed by atoms with van der Waals surface area (Å²) in [7, 11) is 0. The maximum Gasteiger partial charge on any atom is 0.100 e. The Kier molecular flexibility index (Phi) is 1.76. The molecule has 0 radical (unpaired) electrons. The average molecular weight is 128 g/mol. The first-order valence-electron chi connectivity index (χ1n) is 3.22. The van der Waals surface area contributed by atoms with Gasteiger partial charge in [0.05, 0.1) is 12.4 Å². The highest BCUT2D eigenvalue weighted by molar-refractivity contribution is 4.93. The first-order chi connectivity index (χ1) is 4.22. The molecule has 2 nitrogen and oxygen atoms in total. The molecule has 0 bridgehead atoms. The Hall–Kier alpha value is -0.500. The van der Waals surface area contributed by atoms with Crippen LogP contribution in [0.5, 0.6) is 0 Å². The molecule has 1 aliphatic rings. The van der Waals surface area contributed by atoms with Crippen molar-refractivity contribution in [3.05, 3.63) is 12.3 Å². The van der Waals surface area contributed by atoms with E-state index in [-0.39, 0.29) is 18.1 Å². The summed E-state index contributed by atoms with van der Waals surface area (Å²) in [4.78, 5) is 0. The molecule has 1 aliphatic heterocycles. The van der Waals surface area contributed by atoms with Gasteiger partial charge in [0.25, 0.3) is 0 Å². The summed E-state index contributed by atoms with van der Waals surface area (Å²) in [6.45, 7) is 3.93. The van der Waals surface area contributed by atoms with Gasteiger partial charge in [-0.25, -0.2) is 0 Å². The van der Waals surface area contributed by atoms with Crippen LogP contribution >= 0.6 is 0 Å². The molecule has 1 rings (SSSR count). The molecule has 1 heterocycles. The molecule has 0 aliphatic carbocycles. The van der Waals surface area contributed by atoms with E-state index in [1.54, 1.807) is 12.3 Å². The van der Waals surface area contributed by atoms with Crippen molar-refractivity contribution in [1.29, 1.82) is 0 Å². The minimum atomic E-state index is -0.325. The van der Waals surface area contributed by atoms with Gasteiger partial charge in [-0.3, -0.25) is 0 Å². The molecule has 0 fully saturated rings. The first-order valence-corrected chi connectivity index (χ1v) is 3.22. The summed E-state index contributed by atoms with van der Waals surface area (Å²) in [6, 6.07) is 0. The molecular formula is C7H12O2. The Morgan fingerprint density at radius 2 is 2.11 bits per heavy atom. The molecule has 9 heavy (non-hydrogen) atoms. The van der Waals surface area contributed by atoms with Crippen molar-refractivity contribution in [2.75, 3.05) is 0 Å². The molecular weight excluding hydrogens is 116 g/mol. The molecule has 0 amide bonds. The van der Waals surface area contributed by atoms with E-state index in [4.69, 9.17) is 4.74 Å². The van der Waals surface area contributed by atoms with Gasteiger partial charge in [-0.15, -0.1) is 0 Å². The van der Waals surface area contributed by atoms with E-state index >= 15 is 0 Å². The van der Waals surface area contributed by atoms with E-state index in [2.05, 4.69) is 0 Å². The molecule has 3 atom stereocenters. The van der Waals surface area contributed by atoms with Crippen LogP contribution in [0.2, 0.25) is 0 Å².